The van der Waals surface area contributed by atoms with Crippen LogP contribution in [0.25, 0.3) is 10.6 Å². The van der Waals surface area contributed by atoms with E-state index in [4.69, 9.17) is 0 Å². The number of carbonyl (C=O) groups is 1. The molecule has 0 fully saturated rings. The fourth-order valence-electron chi connectivity index (χ4n) is 1.75. The SMILES string of the molecule is Cc1sc(-c2ccc(C(C)(C)C)cc2)nc1C=O. The van der Waals surface area contributed by atoms with Crippen LogP contribution in [-0.4, -0.2) is 11.3 Å². The second-order valence-electron chi connectivity index (χ2n) is 5.41. The maximum atomic E-state index is 10.8. The molecule has 0 saturated carbocycles. The number of thiazole rings is 1. The highest BCUT2D eigenvalue weighted by molar-refractivity contribution is 7.15. The van der Waals surface area contributed by atoms with Crippen LogP contribution in [0.4, 0.5) is 0 Å². The molecule has 0 aliphatic heterocycles. The van der Waals surface area contributed by atoms with Gasteiger partial charge in [-0.05, 0) is 17.9 Å². The summed E-state index contributed by atoms with van der Waals surface area (Å²) in [6, 6.07) is 8.42. The number of hydrogen-bond donors (Lipinski definition) is 0. The van der Waals surface area contributed by atoms with Crippen LogP contribution in [0.3, 0.4) is 0 Å². The number of rotatable bonds is 2. The van der Waals surface area contributed by atoms with Crippen LogP contribution in [0.5, 0.6) is 0 Å². The van der Waals surface area contributed by atoms with Crippen LogP contribution in [-0.2, 0) is 5.41 Å². The quantitative estimate of drug-likeness (QED) is 0.755. The molecule has 94 valence electrons. The van der Waals surface area contributed by atoms with E-state index in [1.165, 1.54) is 5.56 Å². The molecule has 0 atom stereocenters. The van der Waals surface area contributed by atoms with Gasteiger partial charge in [-0.15, -0.1) is 11.3 Å². The third-order valence-corrected chi connectivity index (χ3v) is 3.98. The first-order chi connectivity index (χ1) is 8.41. The van der Waals surface area contributed by atoms with Gasteiger partial charge in [-0.1, -0.05) is 45.0 Å². The van der Waals surface area contributed by atoms with Crippen molar-refractivity contribution in [2.24, 2.45) is 0 Å². The third-order valence-electron chi connectivity index (χ3n) is 2.94. The van der Waals surface area contributed by atoms with Gasteiger partial charge in [0.1, 0.15) is 10.7 Å². The van der Waals surface area contributed by atoms with E-state index in [9.17, 15) is 4.79 Å². The predicted molar refractivity (Wildman–Crippen MR) is 76.4 cm³/mol. The Bertz CT molecular complexity index is 561. The van der Waals surface area contributed by atoms with E-state index in [0.29, 0.717) is 5.69 Å². The summed E-state index contributed by atoms with van der Waals surface area (Å²) in [4.78, 5) is 16.1. The molecular formula is C15H17NOS. The van der Waals surface area contributed by atoms with Crippen molar-refractivity contribution in [2.75, 3.05) is 0 Å². The monoisotopic (exact) mass is 259 g/mol. The normalized spacial score (nSPS) is 11.6. The zero-order valence-electron chi connectivity index (χ0n) is 11.2. The zero-order valence-corrected chi connectivity index (χ0v) is 12.0. The maximum absolute atomic E-state index is 10.8. The zero-order chi connectivity index (χ0) is 13.3. The Labute approximate surface area is 112 Å². The summed E-state index contributed by atoms with van der Waals surface area (Å²) in [5.74, 6) is 0. The molecule has 1 heterocycles. The number of carbonyl (C=O) groups excluding carboxylic acids is 1. The molecule has 0 bridgehead atoms. The van der Waals surface area contributed by atoms with E-state index in [-0.39, 0.29) is 5.41 Å². The summed E-state index contributed by atoms with van der Waals surface area (Å²) in [5.41, 5.74) is 3.08. The maximum Gasteiger partial charge on any atom is 0.169 e. The van der Waals surface area contributed by atoms with Gasteiger partial charge < -0.3 is 0 Å². The Hall–Kier alpha value is -1.48. The van der Waals surface area contributed by atoms with Crippen molar-refractivity contribution < 1.29 is 4.79 Å². The van der Waals surface area contributed by atoms with Crippen molar-refractivity contribution in [3.05, 3.63) is 40.4 Å². The van der Waals surface area contributed by atoms with Crippen LogP contribution >= 0.6 is 11.3 Å². The van der Waals surface area contributed by atoms with Crippen molar-refractivity contribution in [3.63, 3.8) is 0 Å². The molecule has 3 heteroatoms. The molecule has 1 aromatic carbocycles. The lowest BCUT2D eigenvalue weighted by atomic mass is 9.87. The minimum absolute atomic E-state index is 0.158. The lowest BCUT2D eigenvalue weighted by molar-refractivity contribution is 0.111. The van der Waals surface area contributed by atoms with Gasteiger partial charge in [0.25, 0.3) is 0 Å². The Morgan fingerprint density at radius 3 is 2.22 bits per heavy atom. The highest BCUT2D eigenvalue weighted by Gasteiger charge is 2.14. The van der Waals surface area contributed by atoms with Crippen LogP contribution < -0.4 is 0 Å². The summed E-state index contributed by atoms with van der Waals surface area (Å²) >= 11 is 1.56. The highest BCUT2D eigenvalue weighted by Crippen LogP contribution is 2.29. The van der Waals surface area contributed by atoms with Crippen LogP contribution in [0.15, 0.2) is 24.3 Å². The van der Waals surface area contributed by atoms with E-state index in [1.54, 1.807) is 11.3 Å². The molecule has 0 spiro atoms. The largest absolute Gasteiger partial charge is 0.296 e. The van der Waals surface area contributed by atoms with E-state index in [2.05, 4.69) is 50.0 Å². The Kier molecular flexibility index (Phi) is 3.35. The number of benzene rings is 1. The number of aryl methyl sites for hydroxylation is 1. The lowest BCUT2D eigenvalue weighted by Crippen LogP contribution is -2.10. The summed E-state index contributed by atoms with van der Waals surface area (Å²) in [6.45, 7) is 8.51. The van der Waals surface area contributed by atoms with E-state index in [1.807, 2.05) is 6.92 Å². The van der Waals surface area contributed by atoms with Crippen molar-refractivity contribution in [1.82, 2.24) is 4.98 Å². The lowest BCUT2D eigenvalue weighted by Gasteiger charge is -2.18. The van der Waals surface area contributed by atoms with Crippen molar-refractivity contribution in [3.8, 4) is 10.6 Å². The van der Waals surface area contributed by atoms with Gasteiger partial charge in [0.2, 0.25) is 0 Å². The molecule has 0 saturated heterocycles. The Balaban J connectivity index is 2.37. The summed E-state index contributed by atoms with van der Waals surface area (Å²) in [5, 5.41) is 0.912. The van der Waals surface area contributed by atoms with Gasteiger partial charge in [-0.25, -0.2) is 4.98 Å². The molecule has 2 nitrogen and oxygen atoms in total. The first kappa shape index (κ1) is 13.0. The minimum Gasteiger partial charge on any atom is -0.296 e. The molecule has 0 aliphatic carbocycles. The van der Waals surface area contributed by atoms with Gasteiger partial charge in [-0.3, -0.25) is 4.79 Å². The van der Waals surface area contributed by atoms with Crippen LogP contribution in [0.1, 0.15) is 41.7 Å². The summed E-state index contributed by atoms with van der Waals surface area (Å²) < 4.78 is 0. The van der Waals surface area contributed by atoms with E-state index in [0.717, 1.165) is 21.7 Å². The third kappa shape index (κ3) is 2.51. The molecule has 0 N–H and O–H groups in total. The average Bonchev–Trinajstić information content (AvgIpc) is 2.69. The number of hydrogen-bond acceptors (Lipinski definition) is 3. The van der Waals surface area contributed by atoms with Crippen LogP contribution in [0.2, 0.25) is 0 Å². The smallest absolute Gasteiger partial charge is 0.169 e. The van der Waals surface area contributed by atoms with Gasteiger partial charge in [-0.2, -0.15) is 0 Å². The van der Waals surface area contributed by atoms with E-state index < -0.39 is 0 Å². The van der Waals surface area contributed by atoms with Crippen molar-refractivity contribution in [1.29, 1.82) is 0 Å². The highest BCUT2D eigenvalue weighted by atomic mass is 32.1. The molecule has 0 aliphatic rings. The molecule has 18 heavy (non-hydrogen) atoms. The Morgan fingerprint density at radius 1 is 1.17 bits per heavy atom. The molecule has 2 aromatic rings. The van der Waals surface area contributed by atoms with Crippen molar-refractivity contribution in [2.45, 2.75) is 33.1 Å². The van der Waals surface area contributed by atoms with Crippen molar-refractivity contribution >= 4 is 17.6 Å². The number of aromatic nitrogens is 1. The van der Waals surface area contributed by atoms with Gasteiger partial charge >= 0.3 is 0 Å². The molecule has 1 aromatic heterocycles. The van der Waals surface area contributed by atoms with E-state index >= 15 is 0 Å². The molecule has 0 radical (unpaired) electrons. The number of aldehydes is 1. The summed E-state index contributed by atoms with van der Waals surface area (Å²) in [7, 11) is 0. The van der Waals surface area contributed by atoms with Gasteiger partial charge in [0, 0.05) is 10.4 Å². The molecule has 2 rings (SSSR count). The minimum atomic E-state index is 0.158. The fourth-order valence-corrected chi connectivity index (χ4v) is 2.64. The predicted octanol–water partition coefficient (Wildman–Crippen LogP) is 4.23. The standard InChI is InChI=1S/C15H17NOS/c1-10-13(9-17)16-14(18-10)11-5-7-12(8-6-11)15(2,3)4/h5-9H,1-4H3. The first-order valence-corrected chi connectivity index (χ1v) is 6.77. The van der Waals surface area contributed by atoms with Gasteiger partial charge in [0.15, 0.2) is 6.29 Å². The molecular weight excluding hydrogens is 242 g/mol. The van der Waals surface area contributed by atoms with Crippen LogP contribution in [0, 0.1) is 6.92 Å². The van der Waals surface area contributed by atoms with Gasteiger partial charge in [0.05, 0.1) is 0 Å². The topological polar surface area (TPSA) is 30.0 Å². The summed E-state index contributed by atoms with van der Waals surface area (Å²) in [6.07, 6.45) is 0.818. The molecule has 0 amide bonds. The first-order valence-electron chi connectivity index (χ1n) is 5.95. The molecule has 0 unspecified atom stereocenters. The number of nitrogens with zero attached hydrogens (tertiary/aromatic N) is 1. The average molecular weight is 259 g/mol. The fraction of sp³-hybridized carbons (Fsp3) is 0.333. The Morgan fingerprint density at radius 2 is 1.78 bits per heavy atom. The second-order valence-corrected chi connectivity index (χ2v) is 6.61. The second kappa shape index (κ2) is 4.65.